The van der Waals surface area contributed by atoms with Gasteiger partial charge in [0.15, 0.2) is 0 Å². The number of hydrogen-bond donors (Lipinski definition) is 1. The third kappa shape index (κ3) is 0.774. The molecule has 2 aliphatic rings. The molecular formula is C6H11N2OP. The topological polar surface area (TPSA) is 32.3 Å². The maximum Gasteiger partial charge on any atom is 0.237 e. The molecule has 2 saturated heterocycles. The van der Waals surface area contributed by atoms with Crippen LogP contribution in [0.4, 0.5) is 4.79 Å². The van der Waals surface area contributed by atoms with Crippen molar-refractivity contribution in [3.63, 3.8) is 0 Å². The molecule has 10 heavy (non-hydrogen) atoms. The maximum absolute atomic E-state index is 10.7. The Morgan fingerprint density at radius 3 is 2.40 bits per heavy atom. The highest BCUT2D eigenvalue weighted by Crippen LogP contribution is 2.34. The molecular weight excluding hydrogens is 147 g/mol. The lowest BCUT2D eigenvalue weighted by molar-refractivity contribution is -0.00350. The van der Waals surface area contributed by atoms with Crippen molar-refractivity contribution in [3.05, 3.63) is 0 Å². The van der Waals surface area contributed by atoms with Gasteiger partial charge in [0, 0.05) is 31.6 Å². The molecule has 1 unspecified atom stereocenters. The van der Waals surface area contributed by atoms with Crippen LogP contribution in [-0.4, -0.2) is 36.7 Å². The van der Waals surface area contributed by atoms with E-state index in [0.717, 1.165) is 26.2 Å². The van der Waals surface area contributed by atoms with Gasteiger partial charge in [0.2, 0.25) is 5.65 Å². The van der Waals surface area contributed by atoms with Gasteiger partial charge in [-0.05, 0) is 9.24 Å². The number of carbonyl (C=O) groups excluding carboxylic acids is 1. The van der Waals surface area contributed by atoms with Crippen LogP contribution in [0.25, 0.3) is 0 Å². The largest absolute Gasteiger partial charge is 0.338 e. The number of nitrogens with zero attached hydrogens (tertiary/aromatic N) is 1. The summed E-state index contributed by atoms with van der Waals surface area (Å²) in [4.78, 5) is 12.6. The SMILES string of the molecule is O=C(P)N1CC2(CNC2)C1. The van der Waals surface area contributed by atoms with Gasteiger partial charge in [0.05, 0.1) is 0 Å². The lowest BCUT2D eigenvalue weighted by Gasteiger charge is -2.55. The Hall–Kier alpha value is -0.140. The highest BCUT2D eigenvalue weighted by atomic mass is 31.0. The first kappa shape index (κ1) is 6.56. The fourth-order valence-corrected chi connectivity index (χ4v) is 1.80. The van der Waals surface area contributed by atoms with Crippen LogP contribution in [-0.2, 0) is 0 Å². The summed E-state index contributed by atoms with van der Waals surface area (Å²) in [6, 6.07) is 0. The summed E-state index contributed by atoms with van der Waals surface area (Å²) in [7, 11) is 2.21. The normalized spacial score (nSPS) is 27.5. The number of amides is 1. The Morgan fingerprint density at radius 1 is 1.50 bits per heavy atom. The molecule has 0 saturated carbocycles. The summed E-state index contributed by atoms with van der Waals surface area (Å²) in [5, 5.41) is 3.22. The summed E-state index contributed by atoms with van der Waals surface area (Å²) < 4.78 is 0. The zero-order valence-electron chi connectivity index (χ0n) is 5.76. The van der Waals surface area contributed by atoms with Gasteiger partial charge in [0.1, 0.15) is 0 Å². The lowest BCUT2D eigenvalue weighted by atomic mass is 9.75. The third-order valence-electron chi connectivity index (χ3n) is 2.36. The molecule has 1 spiro atoms. The molecule has 0 aromatic heterocycles. The first-order valence-electron chi connectivity index (χ1n) is 3.47. The lowest BCUT2D eigenvalue weighted by Crippen LogP contribution is -2.71. The van der Waals surface area contributed by atoms with Crippen LogP contribution in [0.1, 0.15) is 0 Å². The van der Waals surface area contributed by atoms with E-state index in [9.17, 15) is 4.79 Å². The maximum atomic E-state index is 10.7. The molecule has 0 aromatic rings. The number of nitrogens with one attached hydrogen (secondary N) is 1. The molecule has 1 amide bonds. The number of likely N-dealkylation sites (tertiary alicyclic amines) is 1. The summed E-state index contributed by atoms with van der Waals surface area (Å²) in [6.07, 6.45) is 0. The van der Waals surface area contributed by atoms with Crippen LogP contribution in [0.5, 0.6) is 0 Å². The van der Waals surface area contributed by atoms with E-state index in [4.69, 9.17) is 0 Å². The van der Waals surface area contributed by atoms with E-state index in [-0.39, 0.29) is 5.65 Å². The summed E-state index contributed by atoms with van der Waals surface area (Å²) in [5.74, 6) is 0. The van der Waals surface area contributed by atoms with Crippen LogP contribution < -0.4 is 5.32 Å². The smallest absolute Gasteiger partial charge is 0.237 e. The van der Waals surface area contributed by atoms with Crippen molar-refractivity contribution >= 4 is 14.9 Å². The van der Waals surface area contributed by atoms with E-state index in [1.54, 1.807) is 0 Å². The fraction of sp³-hybridized carbons (Fsp3) is 0.833. The minimum Gasteiger partial charge on any atom is -0.338 e. The van der Waals surface area contributed by atoms with Gasteiger partial charge in [0.25, 0.3) is 0 Å². The van der Waals surface area contributed by atoms with Crippen LogP contribution in [0.3, 0.4) is 0 Å². The molecule has 0 aromatic carbocycles. The minimum absolute atomic E-state index is 0.137. The Bertz CT molecular complexity index is 171. The molecule has 4 heteroatoms. The third-order valence-corrected chi connectivity index (χ3v) is 2.73. The van der Waals surface area contributed by atoms with E-state index in [0.29, 0.717) is 5.41 Å². The molecule has 2 rings (SSSR count). The monoisotopic (exact) mass is 158 g/mol. The average Bonchev–Trinajstić information content (AvgIpc) is 1.54. The Balaban J connectivity index is 1.88. The van der Waals surface area contributed by atoms with Gasteiger partial charge in [-0.25, -0.2) is 0 Å². The molecule has 56 valence electrons. The molecule has 2 heterocycles. The number of rotatable bonds is 0. The van der Waals surface area contributed by atoms with Crippen LogP contribution in [0, 0.1) is 5.41 Å². The van der Waals surface area contributed by atoms with Crippen molar-refractivity contribution < 1.29 is 4.79 Å². The first-order chi connectivity index (χ1) is 4.72. The van der Waals surface area contributed by atoms with Gasteiger partial charge in [-0.15, -0.1) is 0 Å². The molecule has 3 nitrogen and oxygen atoms in total. The van der Waals surface area contributed by atoms with Crippen LogP contribution >= 0.6 is 9.24 Å². The van der Waals surface area contributed by atoms with Crippen molar-refractivity contribution in [1.29, 1.82) is 0 Å². The molecule has 2 fully saturated rings. The zero-order chi connectivity index (χ0) is 7.19. The van der Waals surface area contributed by atoms with Gasteiger partial charge < -0.3 is 10.2 Å². The Labute approximate surface area is 62.4 Å². The van der Waals surface area contributed by atoms with Crippen molar-refractivity contribution in [1.82, 2.24) is 10.2 Å². The van der Waals surface area contributed by atoms with E-state index in [2.05, 4.69) is 14.6 Å². The predicted octanol–water partition coefficient (Wildman–Crippen LogP) is -0.113. The van der Waals surface area contributed by atoms with E-state index >= 15 is 0 Å². The first-order valence-corrected chi connectivity index (χ1v) is 4.05. The molecule has 2 aliphatic heterocycles. The second-order valence-corrected chi connectivity index (χ2v) is 3.79. The summed E-state index contributed by atoms with van der Waals surface area (Å²) in [6.45, 7) is 4.12. The van der Waals surface area contributed by atoms with Gasteiger partial charge in [-0.3, -0.25) is 4.79 Å². The molecule has 1 N–H and O–H groups in total. The van der Waals surface area contributed by atoms with Crippen molar-refractivity contribution in [3.8, 4) is 0 Å². The average molecular weight is 158 g/mol. The molecule has 0 aliphatic carbocycles. The fourth-order valence-electron chi connectivity index (χ4n) is 1.62. The van der Waals surface area contributed by atoms with Crippen molar-refractivity contribution in [2.45, 2.75) is 0 Å². The molecule has 0 bridgehead atoms. The van der Waals surface area contributed by atoms with Gasteiger partial charge in [-0.2, -0.15) is 0 Å². The van der Waals surface area contributed by atoms with Gasteiger partial charge >= 0.3 is 0 Å². The summed E-state index contributed by atoms with van der Waals surface area (Å²) in [5.41, 5.74) is 0.615. The molecule has 0 radical (unpaired) electrons. The number of carbonyl (C=O) groups is 1. The van der Waals surface area contributed by atoms with E-state index in [1.807, 2.05) is 4.90 Å². The second-order valence-electron chi connectivity index (χ2n) is 3.30. The highest BCUT2D eigenvalue weighted by molar-refractivity contribution is 7.39. The minimum atomic E-state index is 0.137. The molecule has 1 atom stereocenters. The highest BCUT2D eigenvalue weighted by Gasteiger charge is 2.48. The van der Waals surface area contributed by atoms with E-state index < -0.39 is 0 Å². The van der Waals surface area contributed by atoms with Crippen LogP contribution in [0.15, 0.2) is 0 Å². The Morgan fingerprint density at radius 2 is 2.10 bits per heavy atom. The quantitative estimate of drug-likeness (QED) is 0.499. The predicted molar refractivity (Wildman–Crippen MR) is 42.0 cm³/mol. The Kier molecular flexibility index (Phi) is 1.26. The van der Waals surface area contributed by atoms with Gasteiger partial charge in [-0.1, -0.05) is 0 Å². The number of hydrogen-bond acceptors (Lipinski definition) is 2. The standard InChI is InChI=1S/C6H11N2OP/c9-5(10)8-3-6(4-8)1-7-2-6/h7H,1-4,10H2. The zero-order valence-corrected chi connectivity index (χ0v) is 6.92. The van der Waals surface area contributed by atoms with Crippen LogP contribution in [0.2, 0.25) is 0 Å². The van der Waals surface area contributed by atoms with Crippen molar-refractivity contribution in [2.24, 2.45) is 5.41 Å². The summed E-state index contributed by atoms with van der Waals surface area (Å²) >= 11 is 0. The second kappa shape index (κ2) is 1.93. The van der Waals surface area contributed by atoms with Crippen molar-refractivity contribution in [2.75, 3.05) is 26.2 Å². The van der Waals surface area contributed by atoms with E-state index in [1.165, 1.54) is 0 Å².